The molecule has 2 rings (SSSR count). The van der Waals surface area contributed by atoms with Crippen LogP contribution in [0.4, 0.5) is 4.79 Å². The number of hydrogen-bond acceptors (Lipinski definition) is 6. The number of carbonyl (C=O) groups excluding carboxylic acids is 2. The second kappa shape index (κ2) is 8.51. The highest BCUT2D eigenvalue weighted by Crippen LogP contribution is 2.24. The fourth-order valence-corrected chi connectivity index (χ4v) is 2.85. The Labute approximate surface area is 154 Å². The van der Waals surface area contributed by atoms with Gasteiger partial charge in [-0.05, 0) is 39.3 Å². The first-order chi connectivity index (χ1) is 12.2. The molecule has 7 heteroatoms. The second-order valence-corrected chi connectivity index (χ2v) is 7.50. The van der Waals surface area contributed by atoms with Crippen molar-refractivity contribution in [2.24, 2.45) is 11.7 Å². The quantitative estimate of drug-likeness (QED) is 0.791. The number of nitrogens with zero attached hydrogens (tertiary/aromatic N) is 1. The van der Waals surface area contributed by atoms with Gasteiger partial charge in [-0.2, -0.15) is 0 Å². The van der Waals surface area contributed by atoms with Gasteiger partial charge in [0.05, 0.1) is 6.54 Å². The van der Waals surface area contributed by atoms with Crippen molar-refractivity contribution in [2.45, 2.75) is 45.0 Å². The molecule has 3 atom stereocenters. The topological polar surface area (TPSA) is 102 Å². The lowest BCUT2D eigenvalue weighted by molar-refractivity contribution is -0.165. The van der Waals surface area contributed by atoms with Gasteiger partial charge < -0.3 is 25.2 Å². The predicted octanol–water partition coefficient (Wildman–Crippen LogP) is 1.85. The molecule has 1 aliphatic rings. The maximum Gasteiger partial charge on any atom is 0.410 e. The molecule has 1 heterocycles. The number of nitrogens with two attached hydrogens (primary N) is 1. The third-order valence-corrected chi connectivity index (χ3v) is 4.26. The monoisotopic (exact) mass is 364 g/mol. The Morgan fingerprint density at radius 1 is 1.31 bits per heavy atom. The summed E-state index contributed by atoms with van der Waals surface area (Å²) in [5.41, 5.74) is 5.65. The summed E-state index contributed by atoms with van der Waals surface area (Å²) in [7, 11) is 0. The van der Waals surface area contributed by atoms with E-state index in [2.05, 4.69) is 0 Å². The summed E-state index contributed by atoms with van der Waals surface area (Å²) in [5.74, 6) is -0.814. The summed E-state index contributed by atoms with van der Waals surface area (Å²) in [6, 6.07) is 8.57. The van der Waals surface area contributed by atoms with Crippen molar-refractivity contribution in [3.05, 3.63) is 35.9 Å². The maximum atomic E-state index is 12.3. The van der Waals surface area contributed by atoms with Gasteiger partial charge in [0.25, 0.3) is 0 Å². The largest absolute Gasteiger partial charge is 0.458 e. The van der Waals surface area contributed by atoms with Crippen LogP contribution in [0.3, 0.4) is 0 Å². The number of hydrogen-bond donors (Lipinski definition) is 2. The van der Waals surface area contributed by atoms with Crippen molar-refractivity contribution < 1.29 is 24.2 Å². The van der Waals surface area contributed by atoms with E-state index in [0.717, 1.165) is 0 Å². The molecule has 0 aliphatic carbocycles. The van der Waals surface area contributed by atoms with Gasteiger partial charge in [0.15, 0.2) is 6.10 Å². The number of amides is 1. The first-order valence-corrected chi connectivity index (χ1v) is 8.82. The average molecular weight is 364 g/mol. The molecule has 1 aromatic carbocycles. The van der Waals surface area contributed by atoms with E-state index in [-0.39, 0.29) is 12.5 Å². The van der Waals surface area contributed by atoms with Gasteiger partial charge in [0.1, 0.15) is 11.7 Å². The van der Waals surface area contributed by atoms with Crippen molar-refractivity contribution >= 4 is 12.1 Å². The molecule has 1 saturated heterocycles. The number of rotatable bonds is 4. The normalized spacial score (nSPS) is 21.8. The van der Waals surface area contributed by atoms with Crippen LogP contribution in [0.1, 0.15) is 38.9 Å². The zero-order valence-electron chi connectivity index (χ0n) is 15.6. The highest BCUT2D eigenvalue weighted by atomic mass is 16.6. The third kappa shape index (κ3) is 5.44. The van der Waals surface area contributed by atoms with E-state index < -0.39 is 29.9 Å². The minimum Gasteiger partial charge on any atom is -0.458 e. The molecule has 0 aromatic heterocycles. The van der Waals surface area contributed by atoms with Crippen LogP contribution in [0.2, 0.25) is 0 Å². The molecule has 0 saturated carbocycles. The van der Waals surface area contributed by atoms with E-state index >= 15 is 0 Å². The predicted molar refractivity (Wildman–Crippen MR) is 96.3 cm³/mol. The lowest BCUT2D eigenvalue weighted by Gasteiger charge is -2.38. The van der Waals surface area contributed by atoms with E-state index in [1.54, 1.807) is 51.1 Å². The van der Waals surface area contributed by atoms with Crippen LogP contribution in [-0.4, -0.2) is 53.4 Å². The summed E-state index contributed by atoms with van der Waals surface area (Å²) in [6.07, 6.45) is -1.79. The van der Waals surface area contributed by atoms with E-state index in [1.807, 2.05) is 0 Å². The summed E-state index contributed by atoms with van der Waals surface area (Å²) in [4.78, 5) is 26.1. The van der Waals surface area contributed by atoms with E-state index in [9.17, 15) is 14.7 Å². The van der Waals surface area contributed by atoms with Gasteiger partial charge in [0.2, 0.25) is 0 Å². The highest BCUT2D eigenvalue weighted by Gasteiger charge is 2.36. The zero-order valence-corrected chi connectivity index (χ0v) is 15.6. The van der Waals surface area contributed by atoms with Crippen LogP contribution in [0.25, 0.3) is 0 Å². The molecule has 1 aromatic rings. The number of piperidine rings is 1. The molecule has 0 bridgehead atoms. The zero-order chi connectivity index (χ0) is 19.3. The van der Waals surface area contributed by atoms with Crippen molar-refractivity contribution in [3.8, 4) is 0 Å². The van der Waals surface area contributed by atoms with Crippen LogP contribution < -0.4 is 5.73 Å². The van der Waals surface area contributed by atoms with Crippen molar-refractivity contribution in [1.29, 1.82) is 0 Å². The minimum absolute atomic E-state index is 0.0689. The minimum atomic E-state index is -1.37. The van der Waals surface area contributed by atoms with Gasteiger partial charge in [-0.3, -0.25) is 0 Å². The number of aliphatic hydroxyl groups excluding tert-OH is 1. The lowest BCUT2D eigenvalue weighted by Crippen LogP contribution is -2.51. The Hall–Kier alpha value is -2.12. The Kier molecular flexibility index (Phi) is 6.61. The molecule has 1 amide bonds. The molecule has 144 valence electrons. The molecular formula is C19H28N2O5. The molecule has 26 heavy (non-hydrogen) atoms. The van der Waals surface area contributed by atoms with Crippen molar-refractivity contribution in [2.75, 3.05) is 19.6 Å². The number of carbonyl (C=O) groups is 2. The highest BCUT2D eigenvalue weighted by molar-refractivity contribution is 5.76. The summed E-state index contributed by atoms with van der Waals surface area (Å²) in [5, 5.41) is 10.2. The van der Waals surface area contributed by atoms with Crippen LogP contribution in [-0.2, 0) is 14.3 Å². The number of benzene rings is 1. The fourth-order valence-electron chi connectivity index (χ4n) is 2.85. The Balaban J connectivity index is 2.02. The fraction of sp³-hybridized carbons (Fsp3) is 0.579. The summed E-state index contributed by atoms with van der Waals surface area (Å²) < 4.78 is 10.9. The van der Waals surface area contributed by atoms with Gasteiger partial charge in [-0.15, -0.1) is 0 Å². The molecule has 7 nitrogen and oxygen atoms in total. The van der Waals surface area contributed by atoms with E-state index in [0.29, 0.717) is 25.1 Å². The third-order valence-electron chi connectivity index (χ3n) is 4.26. The number of esters is 1. The number of likely N-dealkylation sites (tertiary alicyclic amines) is 1. The SMILES string of the molecule is CC(C)(C)OC(=O)N1CC[C@@H](CN)[C@H](OC(=O)C(O)c2ccccc2)C1. The molecule has 1 fully saturated rings. The van der Waals surface area contributed by atoms with Crippen LogP contribution in [0.5, 0.6) is 0 Å². The van der Waals surface area contributed by atoms with Crippen molar-refractivity contribution in [1.82, 2.24) is 4.90 Å². The Morgan fingerprint density at radius 2 is 1.96 bits per heavy atom. The van der Waals surface area contributed by atoms with Gasteiger partial charge >= 0.3 is 12.1 Å². The molecule has 0 spiro atoms. The maximum absolute atomic E-state index is 12.3. The van der Waals surface area contributed by atoms with Crippen molar-refractivity contribution in [3.63, 3.8) is 0 Å². The van der Waals surface area contributed by atoms with Gasteiger partial charge in [-0.25, -0.2) is 9.59 Å². The smallest absolute Gasteiger partial charge is 0.410 e. The molecule has 0 radical (unpaired) electrons. The van der Waals surface area contributed by atoms with Crippen LogP contribution in [0.15, 0.2) is 30.3 Å². The number of aliphatic hydroxyl groups is 1. The standard InChI is InChI=1S/C19H28N2O5/c1-19(2,3)26-18(24)21-10-9-14(11-20)15(12-21)25-17(23)16(22)13-7-5-4-6-8-13/h4-8,14-16,22H,9-12,20H2,1-3H3/t14-,15+,16?/m0/s1. The summed E-state index contributed by atoms with van der Waals surface area (Å²) in [6.45, 7) is 6.42. The molecule has 3 N–H and O–H groups in total. The van der Waals surface area contributed by atoms with Crippen LogP contribution in [0, 0.1) is 5.92 Å². The lowest BCUT2D eigenvalue weighted by atomic mass is 9.94. The average Bonchev–Trinajstić information content (AvgIpc) is 2.60. The van der Waals surface area contributed by atoms with Crippen LogP contribution >= 0.6 is 0 Å². The molecule has 1 aliphatic heterocycles. The van der Waals surface area contributed by atoms with E-state index in [4.69, 9.17) is 15.2 Å². The Bertz CT molecular complexity index is 614. The molecule has 1 unspecified atom stereocenters. The molecular weight excluding hydrogens is 336 g/mol. The van der Waals surface area contributed by atoms with Gasteiger partial charge in [-0.1, -0.05) is 30.3 Å². The summed E-state index contributed by atoms with van der Waals surface area (Å²) >= 11 is 0. The van der Waals surface area contributed by atoms with E-state index in [1.165, 1.54) is 4.90 Å². The number of ether oxygens (including phenoxy) is 2. The first kappa shape index (κ1) is 20.2. The van der Waals surface area contributed by atoms with Gasteiger partial charge in [0, 0.05) is 12.5 Å². The Morgan fingerprint density at radius 3 is 2.54 bits per heavy atom. The first-order valence-electron chi connectivity index (χ1n) is 8.82. The second-order valence-electron chi connectivity index (χ2n) is 7.50.